The number of fused-ring (bicyclic) bond motifs is 3. The number of anilines is 1. The molecule has 2 aliphatic rings. The molecule has 0 radical (unpaired) electrons. The Bertz CT molecular complexity index is 1020. The first kappa shape index (κ1) is 17.3. The average Bonchev–Trinajstić information content (AvgIpc) is 2.88. The van der Waals surface area contributed by atoms with E-state index < -0.39 is 5.82 Å². The lowest BCUT2D eigenvalue weighted by molar-refractivity contribution is 0.0392. The molecule has 3 heterocycles. The second-order valence-corrected chi connectivity index (χ2v) is 7.76. The van der Waals surface area contributed by atoms with E-state index in [0.29, 0.717) is 40.3 Å². The SMILES string of the molecule is Cc1cc(O)c(-c2nnc(NC3[C@@H]4CC[C@H]3COC4)c3cnccc23)c(F)c1. The van der Waals surface area contributed by atoms with Crippen molar-refractivity contribution < 1.29 is 14.2 Å². The van der Waals surface area contributed by atoms with Gasteiger partial charge in [-0.15, -0.1) is 10.2 Å². The third-order valence-corrected chi connectivity index (χ3v) is 5.92. The number of hydrogen-bond donors (Lipinski definition) is 2. The number of hydrogen-bond acceptors (Lipinski definition) is 6. The number of phenols is 1. The Kier molecular flexibility index (Phi) is 4.12. The first-order chi connectivity index (χ1) is 13.6. The third-order valence-electron chi connectivity index (χ3n) is 5.92. The quantitative estimate of drug-likeness (QED) is 0.722. The zero-order chi connectivity index (χ0) is 19.3. The zero-order valence-electron chi connectivity index (χ0n) is 15.5. The van der Waals surface area contributed by atoms with Crippen LogP contribution in [0.3, 0.4) is 0 Å². The number of halogens is 1. The molecular formula is C21H21FN4O2. The Morgan fingerprint density at radius 3 is 2.68 bits per heavy atom. The molecule has 1 saturated heterocycles. The number of aromatic hydroxyl groups is 1. The molecule has 2 N–H and O–H groups in total. The topological polar surface area (TPSA) is 80.2 Å². The molecule has 3 atom stereocenters. The van der Waals surface area contributed by atoms with Gasteiger partial charge in [0.1, 0.15) is 17.3 Å². The standard InChI is InChI=1S/C21H21FN4O2/c1-11-6-16(22)18(17(27)7-11)20-14-4-5-23-8-15(14)21(26-25-20)24-19-12-2-3-13(19)10-28-9-12/h4-8,12-13,19,27H,2-3,9-10H2,1H3,(H,24,26)/t12-,13+,19?. The Balaban J connectivity index is 1.61. The fourth-order valence-corrected chi connectivity index (χ4v) is 4.56. The molecule has 2 fully saturated rings. The smallest absolute Gasteiger partial charge is 0.158 e. The predicted octanol–water partition coefficient (Wildman–Crippen LogP) is 3.68. The number of benzene rings is 1. The van der Waals surface area contributed by atoms with Crippen LogP contribution in [0, 0.1) is 24.6 Å². The molecule has 1 aromatic carbocycles. The molecular weight excluding hydrogens is 359 g/mol. The molecule has 1 aliphatic heterocycles. The van der Waals surface area contributed by atoms with E-state index in [1.165, 1.54) is 12.1 Å². The minimum atomic E-state index is -0.520. The molecule has 7 heteroatoms. The van der Waals surface area contributed by atoms with Crippen LogP contribution in [0.15, 0.2) is 30.6 Å². The third kappa shape index (κ3) is 2.77. The molecule has 1 aliphatic carbocycles. The van der Waals surface area contributed by atoms with Gasteiger partial charge in [-0.3, -0.25) is 4.98 Å². The van der Waals surface area contributed by atoms with E-state index in [1.807, 2.05) is 0 Å². The van der Waals surface area contributed by atoms with Crippen molar-refractivity contribution in [3.8, 4) is 17.0 Å². The van der Waals surface area contributed by atoms with Crippen LogP contribution < -0.4 is 5.32 Å². The molecule has 0 spiro atoms. The molecule has 1 saturated carbocycles. The number of pyridine rings is 1. The Morgan fingerprint density at radius 2 is 1.93 bits per heavy atom. The molecule has 28 heavy (non-hydrogen) atoms. The van der Waals surface area contributed by atoms with E-state index >= 15 is 0 Å². The van der Waals surface area contributed by atoms with Gasteiger partial charge >= 0.3 is 0 Å². The minimum absolute atomic E-state index is 0.0620. The maximum atomic E-state index is 14.6. The first-order valence-electron chi connectivity index (χ1n) is 9.56. The fourth-order valence-electron chi connectivity index (χ4n) is 4.56. The van der Waals surface area contributed by atoms with Crippen LogP contribution in [0.4, 0.5) is 10.2 Å². The van der Waals surface area contributed by atoms with E-state index in [0.717, 1.165) is 31.4 Å². The van der Waals surface area contributed by atoms with Crippen molar-refractivity contribution in [1.82, 2.24) is 15.2 Å². The Labute approximate surface area is 161 Å². The molecule has 1 unspecified atom stereocenters. The van der Waals surface area contributed by atoms with Crippen molar-refractivity contribution in [1.29, 1.82) is 0 Å². The molecule has 0 amide bonds. The fraction of sp³-hybridized carbons (Fsp3) is 0.381. The van der Waals surface area contributed by atoms with Gasteiger partial charge in [0.25, 0.3) is 0 Å². The number of rotatable bonds is 3. The summed E-state index contributed by atoms with van der Waals surface area (Å²) in [6.07, 6.45) is 5.64. The van der Waals surface area contributed by atoms with Gasteiger partial charge < -0.3 is 15.2 Å². The van der Waals surface area contributed by atoms with Crippen LogP contribution in [0.5, 0.6) is 5.75 Å². The molecule has 6 nitrogen and oxygen atoms in total. The van der Waals surface area contributed by atoms with Gasteiger partial charge in [-0.1, -0.05) is 0 Å². The van der Waals surface area contributed by atoms with Gasteiger partial charge in [-0.2, -0.15) is 0 Å². The van der Waals surface area contributed by atoms with Gasteiger partial charge in [0.2, 0.25) is 0 Å². The highest BCUT2D eigenvalue weighted by molar-refractivity contribution is 6.00. The average molecular weight is 380 g/mol. The van der Waals surface area contributed by atoms with Crippen molar-refractivity contribution in [2.24, 2.45) is 11.8 Å². The maximum absolute atomic E-state index is 14.6. The summed E-state index contributed by atoms with van der Waals surface area (Å²) < 4.78 is 20.3. The van der Waals surface area contributed by atoms with Crippen molar-refractivity contribution in [3.63, 3.8) is 0 Å². The largest absolute Gasteiger partial charge is 0.507 e. The van der Waals surface area contributed by atoms with E-state index in [4.69, 9.17) is 4.74 Å². The first-order valence-corrected chi connectivity index (χ1v) is 9.56. The highest BCUT2D eigenvalue weighted by Gasteiger charge is 2.40. The lowest BCUT2D eigenvalue weighted by Crippen LogP contribution is -2.39. The van der Waals surface area contributed by atoms with E-state index in [-0.39, 0.29) is 11.3 Å². The second-order valence-electron chi connectivity index (χ2n) is 7.76. The van der Waals surface area contributed by atoms with Gasteiger partial charge in [-0.05, 0) is 43.5 Å². The lowest BCUT2D eigenvalue weighted by atomic mass is 9.96. The number of phenolic OH excluding ortho intramolecular Hbond substituents is 1. The summed E-state index contributed by atoms with van der Waals surface area (Å²) in [5.41, 5.74) is 1.02. The van der Waals surface area contributed by atoms with Gasteiger partial charge in [0, 0.05) is 41.0 Å². The Hall–Kier alpha value is -2.80. The number of nitrogens with zero attached hydrogens (tertiary/aromatic N) is 3. The highest BCUT2D eigenvalue weighted by Crippen LogP contribution is 2.40. The zero-order valence-corrected chi connectivity index (χ0v) is 15.5. The van der Waals surface area contributed by atoms with Crippen LogP contribution in [-0.2, 0) is 4.74 Å². The Morgan fingerprint density at radius 1 is 1.14 bits per heavy atom. The molecule has 2 aromatic heterocycles. The van der Waals surface area contributed by atoms with Crippen LogP contribution >= 0.6 is 0 Å². The summed E-state index contributed by atoms with van der Waals surface area (Å²) in [5.74, 6) is 0.903. The van der Waals surface area contributed by atoms with Crippen molar-refractivity contribution >= 4 is 16.6 Å². The maximum Gasteiger partial charge on any atom is 0.158 e. The van der Waals surface area contributed by atoms with Gasteiger partial charge in [-0.25, -0.2) is 4.39 Å². The van der Waals surface area contributed by atoms with Crippen LogP contribution in [-0.4, -0.2) is 39.5 Å². The van der Waals surface area contributed by atoms with Crippen LogP contribution in [0.2, 0.25) is 0 Å². The predicted molar refractivity (Wildman–Crippen MR) is 104 cm³/mol. The highest BCUT2D eigenvalue weighted by atomic mass is 19.1. The summed E-state index contributed by atoms with van der Waals surface area (Å²) in [7, 11) is 0. The van der Waals surface area contributed by atoms with Crippen LogP contribution in [0.25, 0.3) is 22.0 Å². The van der Waals surface area contributed by atoms with E-state index in [1.54, 1.807) is 25.4 Å². The van der Waals surface area contributed by atoms with E-state index in [9.17, 15) is 9.50 Å². The van der Waals surface area contributed by atoms with Crippen molar-refractivity contribution in [2.45, 2.75) is 25.8 Å². The normalized spacial score (nSPS) is 23.9. The number of aryl methyl sites for hydroxylation is 1. The summed E-state index contributed by atoms with van der Waals surface area (Å²) >= 11 is 0. The summed E-state index contributed by atoms with van der Waals surface area (Å²) in [5, 5.41) is 24.0. The van der Waals surface area contributed by atoms with Crippen LogP contribution in [0.1, 0.15) is 18.4 Å². The van der Waals surface area contributed by atoms with E-state index in [2.05, 4.69) is 20.5 Å². The number of aromatic nitrogens is 3. The number of nitrogens with one attached hydrogen (secondary N) is 1. The summed E-state index contributed by atoms with van der Waals surface area (Å²) in [6.45, 7) is 3.26. The lowest BCUT2D eigenvalue weighted by Gasteiger charge is -2.31. The molecule has 2 bridgehead atoms. The van der Waals surface area contributed by atoms with Crippen molar-refractivity contribution in [2.75, 3.05) is 18.5 Å². The van der Waals surface area contributed by atoms with Crippen molar-refractivity contribution in [3.05, 3.63) is 42.0 Å². The monoisotopic (exact) mass is 380 g/mol. The summed E-state index contributed by atoms with van der Waals surface area (Å²) in [4.78, 5) is 4.23. The minimum Gasteiger partial charge on any atom is -0.507 e. The summed E-state index contributed by atoms with van der Waals surface area (Å²) in [6, 6.07) is 4.98. The molecule has 144 valence electrons. The molecule has 3 aromatic rings. The number of ether oxygens (including phenoxy) is 1. The molecule has 5 rings (SSSR count). The van der Waals surface area contributed by atoms with Gasteiger partial charge in [0.15, 0.2) is 5.82 Å². The second kappa shape index (κ2) is 6.67. The van der Waals surface area contributed by atoms with Gasteiger partial charge in [0.05, 0.1) is 18.8 Å².